The van der Waals surface area contributed by atoms with Gasteiger partial charge in [0.2, 0.25) is 5.91 Å². The fraction of sp³-hybridized carbons (Fsp3) is 0.400. The van der Waals surface area contributed by atoms with Gasteiger partial charge in [-0.3, -0.25) is 4.79 Å². The molecule has 0 spiro atoms. The quantitative estimate of drug-likeness (QED) is 0.668. The van der Waals surface area contributed by atoms with Crippen molar-refractivity contribution >= 4 is 52.2 Å². The van der Waals surface area contributed by atoms with Crippen molar-refractivity contribution in [3.8, 4) is 0 Å². The number of likely N-dealkylation sites (tertiary alicyclic amines) is 1. The molecule has 2 N–H and O–H groups in total. The number of hydrogen-bond acceptors (Lipinski definition) is 4. The number of nitrogens with zero attached hydrogens (tertiary/aromatic N) is 1. The van der Waals surface area contributed by atoms with E-state index in [9.17, 15) is 9.59 Å². The number of methoxy groups -OCH3 is 1. The maximum atomic E-state index is 12.5. The van der Waals surface area contributed by atoms with Crippen LogP contribution in [0.25, 0.3) is 0 Å². The van der Waals surface area contributed by atoms with Gasteiger partial charge in [0.15, 0.2) is 0 Å². The van der Waals surface area contributed by atoms with Crippen molar-refractivity contribution < 1.29 is 14.3 Å². The number of urea groups is 1. The van der Waals surface area contributed by atoms with Crippen LogP contribution in [0.2, 0.25) is 9.36 Å². The van der Waals surface area contributed by atoms with Gasteiger partial charge in [-0.05, 0) is 42.8 Å². The van der Waals surface area contributed by atoms with Crippen LogP contribution in [0, 0.1) is 0 Å². The van der Waals surface area contributed by atoms with Gasteiger partial charge in [0, 0.05) is 47.7 Å². The number of carbonyl (C=O) groups is 2. The van der Waals surface area contributed by atoms with E-state index in [4.69, 9.17) is 27.9 Å². The summed E-state index contributed by atoms with van der Waals surface area (Å²) in [5.74, 6) is 0.0345. The number of nitrogens with one attached hydrogen (secondary N) is 2. The summed E-state index contributed by atoms with van der Waals surface area (Å²) in [5, 5.41) is 6.49. The standard InChI is InChI=1S/C20H23Cl2N3O3S/c1-28-11-9-19(26)25-10-8-16(15(12-25)17-6-7-18(22)29-17)24-20(27)23-14-4-2-13(21)3-5-14/h2-7,15-16H,8-12H2,1H3,(H2,23,24,27). The highest BCUT2D eigenvalue weighted by Crippen LogP contribution is 2.34. The zero-order valence-corrected chi connectivity index (χ0v) is 18.3. The topological polar surface area (TPSA) is 70.7 Å². The average molecular weight is 456 g/mol. The lowest BCUT2D eigenvalue weighted by Gasteiger charge is -2.38. The first kappa shape index (κ1) is 21.9. The maximum absolute atomic E-state index is 12.5. The highest BCUT2D eigenvalue weighted by atomic mass is 35.5. The predicted octanol–water partition coefficient (Wildman–Crippen LogP) is 4.60. The monoisotopic (exact) mass is 455 g/mol. The fourth-order valence-electron chi connectivity index (χ4n) is 3.38. The first-order valence-electron chi connectivity index (χ1n) is 9.31. The van der Waals surface area contributed by atoms with E-state index in [-0.39, 0.29) is 23.9 Å². The van der Waals surface area contributed by atoms with Crippen LogP contribution < -0.4 is 10.6 Å². The van der Waals surface area contributed by atoms with Crippen LogP contribution in [-0.4, -0.2) is 49.7 Å². The summed E-state index contributed by atoms with van der Waals surface area (Å²) in [6.45, 7) is 1.52. The molecule has 0 radical (unpaired) electrons. The number of amides is 3. The third kappa shape index (κ3) is 6.09. The second-order valence-electron chi connectivity index (χ2n) is 6.83. The third-order valence-electron chi connectivity index (χ3n) is 4.86. The normalized spacial score (nSPS) is 19.1. The molecule has 0 aliphatic carbocycles. The van der Waals surface area contributed by atoms with E-state index in [0.29, 0.717) is 47.6 Å². The van der Waals surface area contributed by atoms with Crippen LogP contribution in [0.3, 0.4) is 0 Å². The Morgan fingerprint density at radius 1 is 1.21 bits per heavy atom. The van der Waals surface area contributed by atoms with Crippen LogP contribution >= 0.6 is 34.5 Å². The Hall–Kier alpha value is -1.80. The highest BCUT2D eigenvalue weighted by Gasteiger charge is 2.34. The predicted molar refractivity (Wildman–Crippen MR) is 117 cm³/mol. The first-order valence-corrected chi connectivity index (χ1v) is 10.9. The summed E-state index contributed by atoms with van der Waals surface area (Å²) in [4.78, 5) is 27.9. The molecule has 1 aliphatic heterocycles. The average Bonchev–Trinajstić information content (AvgIpc) is 3.14. The van der Waals surface area contributed by atoms with Crippen molar-refractivity contribution in [2.75, 3.05) is 32.1 Å². The Labute approximate surface area is 184 Å². The molecule has 1 aromatic carbocycles. The Balaban J connectivity index is 1.68. The molecule has 9 heteroatoms. The minimum Gasteiger partial charge on any atom is -0.384 e. The molecule has 2 heterocycles. The molecule has 3 amide bonds. The van der Waals surface area contributed by atoms with Crippen molar-refractivity contribution in [2.24, 2.45) is 0 Å². The van der Waals surface area contributed by atoms with Crippen molar-refractivity contribution in [1.29, 1.82) is 0 Å². The third-order valence-corrected chi connectivity index (χ3v) is 6.48. The fourth-order valence-corrected chi connectivity index (χ4v) is 4.73. The highest BCUT2D eigenvalue weighted by molar-refractivity contribution is 7.16. The molecule has 1 saturated heterocycles. The Kier molecular flexibility index (Phi) is 7.77. The zero-order valence-electron chi connectivity index (χ0n) is 16.0. The van der Waals surface area contributed by atoms with Gasteiger partial charge in [0.1, 0.15) is 0 Å². The largest absolute Gasteiger partial charge is 0.384 e. The van der Waals surface area contributed by atoms with Crippen molar-refractivity contribution in [3.63, 3.8) is 0 Å². The molecule has 29 heavy (non-hydrogen) atoms. The summed E-state index contributed by atoms with van der Waals surface area (Å²) in [5.41, 5.74) is 0.662. The Bertz CT molecular complexity index is 844. The molecule has 0 saturated carbocycles. The van der Waals surface area contributed by atoms with Crippen molar-refractivity contribution in [2.45, 2.75) is 24.8 Å². The van der Waals surface area contributed by atoms with Crippen LogP contribution in [0.5, 0.6) is 0 Å². The molecular formula is C20H23Cl2N3O3S. The lowest BCUT2D eigenvalue weighted by atomic mass is 9.90. The van der Waals surface area contributed by atoms with Gasteiger partial charge in [-0.2, -0.15) is 0 Å². The minimum atomic E-state index is -0.288. The lowest BCUT2D eigenvalue weighted by molar-refractivity contribution is -0.133. The molecule has 1 aromatic heterocycles. The Morgan fingerprint density at radius 3 is 2.62 bits per heavy atom. The molecular weight excluding hydrogens is 433 g/mol. The number of benzene rings is 1. The SMILES string of the molecule is COCCC(=O)N1CCC(NC(=O)Nc2ccc(Cl)cc2)C(c2ccc(Cl)s2)C1. The van der Waals surface area contributed by atoms with Crippen molar-refractivity contribution in [1.82, 2.24) is 10.2 Å². The number of rotatable bonds is 6. The van der Waals surface area contributed by atoms with Gasteiger partial charge in [-0.15, -0.1) is 11.3 Å². The van der Waals surface area contributed by atoms with Gasteiger partial charge in [0.25, 0.3) is 0 Å². The van der Waals surface area contributed by atoms with Gasteiger partial charge >= 0.3 is 6.03 Å². The van der Waals surface area contributed by atoms with Gasteiger partial charge < -0.3 is 20.3 Å². The van der Waals surface area contributed by atoms with Crippen LogP contribution in [-0.2, 0) is 9.53 Å². The number of hydrogen-bond donors (Lipinski definition) is 2. The van der Waals surface area contributed by atoms with E-state index in [2.05, 4.69) is 10.6 Å². The number of ether oxygens (including phenoxy) is 1. The second-order valence-corrected chi connectivity index (χ2v) is 9.01. The summed E-state index contributed by atoms with van der Waals surface area (Å²) in [6.07, 6.45) is 1.01. The van der Waals surface area contributed by atoms with Crippen LogP contribution in [0.15, 0.2) is 36.4 Å². The van der Waals surface area contributed by atoms with E-state index >= 15 is 0 Å². The lowest BCUT2D eigenvalue weighted by Crippen LogP contribution is -2.52. The molecule has 2 unspecified atom stereocenters. The number of piperidine rings is 1. The minimum absolute atomic E-state index is 0.0243. The van der Waals surface area contributed by atoms with E-state index in [1.165, 1.54) is 11.3 Å². The molecule has 3 rings (SSSR count). The van der Waals surface area contributed by atoms with Crippen LogP contribution in [0.4, 0.5) is 10.5 Å². The van der Waals surface area contributed by atoms with E-state index < -0.39 is 0 Å². The van der Waals surface area contributed by atoms with E-state index in [1.54, 1.807) is 31.4 Å². The van der Waals surface area contributed by atoms with Gasteiger partial charge in [-0.25, -0.2) is 4.79 Å². The summed E-state index contributed by atoms with van der Waals surface area (Å²) in [7, 11) is 1.58. The molecule has 2 atom stereocenters. The molecule has 6 nitrogen and oxygen atoms in total. The summed E-state index contributed by atoms with van der Waals surface area (Å²) in [6, 6.07) is 10.3. The van der Waals surface area contributed by atoms with Gasteiger partial charge in [0.05, 0.1) is 17.4 Å². The second kappa shape index (κ2) is 10.3. The molecule has 0 bridgehead atoms. The number of thiophene rings is 1. The number of carbonyl (C=O) groups excluding carboxylic acids is 2. The maximum Gasteiger partial charge on any atom is 0.319 e. The molecule has 1 aliphatic rings. The van der Waals surface area contributed by atoms with E-state index in [0.717, 1.165) is 4.88 Å². The van der Waals surface area contributed by atoms with Crippen molar-refractivity contribution in [3.05, 3.63) is 50.6 Å². The molecule has 156 valence electrons. The zero-order chi connectivity index (χ0) is 20.8. The van der Waals surface area contributed by atoms with Crippen LogP contribution in [0.1, 0.15) is 23.6 Å². The number of anilines is 1. The van der Waals surface area contributed by atoms with Gasteiger partial charge in [-0.1, -0.05) is 23.2 Å². The molecule has 1 fully saturated rings. The molecule has 2 aromatic rings. The Morgan fingerprint density at radius 2 is 1.97 bits per heavy atom. The van der Waals surface area contributed by atoms with E-state index in [1.807, 2.05) is 17.0 Å². The summed E-state index contributed by atoms with van der Waals surface area (Å²) >= 11 is 13.5. The first-order chi connectivity index (χ1) is 14.0. The summed E-state index contributed by atoms with van der Waals surface area (Å²) < 4.78 is 5.71. The smallest absolute Gasteiger partial charge is 0.319 e. The number of halogens is 2.